The quantitative estimate of drug-likeness (QED) is 0.825. The number of rotatable bonds is 5. The average molecular weight is 336 g/mol. The zero-order valence-electron chi connectivity index (χ0n) is 11.4. The molecule has 0 spiro atoms. The molecule has 0 fully saturated rings. The van der Waals surface area contributed by atoms with Gasteiger partial charge in [0.15, 0.2) is 0 Å². The maximum absolute atomic E-state index is 12.3. The minimum absolute atomic E-state index is 0.0596. The molecule has 5 heteroatoms. The van der Waals surface area contributed by atoms with Crippen LogP contribution in [0.5, 0.6) is 0 Å². The van der Waals surface area contributed by atoms with E-state index in [0.717, 1.165) is 33.9 Å². The molecule has 1 aromatic carbocycles. The lowest BCUT2D eigenvalue weighted by Gasteiger charge is -2.09. The van der Waals surface area contributed by atoms with Gasteiger partial charge in [-0.1, -0.05) is 15.9 Å². The van der Waals surface area contributed by atoms with Crippen molar-refractivity contribution in [2.75, 3.05) is 13.1 Å². The predicted octanol–water partition coefficient (Wildman–Crippen LogP) is 2.77. The normalized spacial score (nSPS) is 10.8. The molecule has 0 unspecified atom stereocenters. The van der Waals surface area contributed by atoms with E-state index in [2.05, 4.69) is 26.2 Å². The van der Waals surface area contributed by atoms with Gasteiger partial charge in [-0.3, -0.25) is 9.78 Å². The number of amides is 1. The van der Waals surface area contributed by atoms with E-state index in [1.807, 2.05) is 31.2 Å². The standard InChI is InChI=1S/C15H18BrN3O/c1-10-8-13(15(20)18-7-3-2-6-17)12-9-11(16)4-5-14(12)19-10/h4-5,8-9H,2-3,6-7,17H2,1H3,(H,18,20). The summed E-state index contributed by atoms with van der Waals surface area (Å²) in [6.45, 7) is 3.19. The van der Waals surface area contributed by atoms with Crippen LogP contribution in [-0.4, -0.2) is 24.0 Å². The molecule has 20 heavy (non-hydrogen) atoms. The highest BCUT2D eigenvalue weighted by Crippen LogP contribution is 2.22. The molecule has 1 amide bonds. The first-order chi connectivity index (χ1) is 9.61. The number of halogens is 1. The Labute approximate surface area is 126 Å². The summed E-state index contributed by atoms with van der Waals surface area (Å²) >= 11 is 3.43. The van der Waals surface area contributed by atoms with Crippen molar-refractivity contribution in [2.45, 2.75) is 19.8 Å². The molecular formula is C15H18BrN3O. The van der Waals surface area contributed by atoms with E-state index in [1.165, 1.54) is 0 Å². The van der Waals surface area contributed by atoms with Crippen molar-refractivity contribution in [1.29, 1.82) is 0 Å². The van der Waals surface area contributed by atoms with E-state index in [4.69, 9.17) is 5.73 Å². The molecule has 4 nitrogen and oxygen atoms in total. The Balaban J connectivity index is 2.27. The third kappa shape index (κ3) is 3.55. The molecule has 0 aliphatic heterocycles. The van der Waals surface area contributed by atoms with Gasteiger partial charge in [0.05, 0.1) is 11.1 Å². The Morgan fingerprint density at radius 2 is 2.15 bits per heavy atom. The number of carbonyl (C=O) groups is 1. The minimum Gasteiger partial charge on any atom is -0.352 e. The molecule has 0 atom stereocenters. The van der Waals surface area contributed by atoms with Crippen LogP contribution in [0.3, 0.4) is 0 Å². The number of carbonyl (C=O) groups excluding carboxylic acids is 1. The number of aryl methyl sites for hydroxylation is 1. The van der Waals surface area contributed by atoms with Gasteiger partial charge in [0.25, 0.3) is 5.91 Å². The zero-order chi connectivity index (χ0) is 14.5. The van der Waals surface area contributed by atoms with Gasteiger partial charge >= 0.3 is 0 Å². The maximum Gasteiger partial charge on any atom is 0.252 e. The van der Waals surface area contributed by atoms with E-state index < -0.39 is 0 Å². The highest BCUT2D eigenvalue weighted by atomic mass is 79.9. The number of benzene rings is 1. The fraction of sp³-hybridized carbons (Fsp3) is 0.333. The van der Waals surface area contributed by atoms with Gasteiger partial charge in [-0.25, -0.2) is 0 Å². The molecule has 106 valence electrons. The smallest absolute Gasteiger partial charge is 0.252 e. The fourth-order valence-corrected chi connectivity index (χ4v) is 2.45. The highest BCUT2D eigenvalue weighted by molar-refractivity contribution is 9.10. The Bertz CT molecular complexity index is 628. The Kier molecular flexibility index (Phi) is 5.09. The molecule has 0 saturated carbocycles. The predicted molar refractivity (Wildman–Crippen MR) is 84.8 cm³/mol. The van der Waals surface area contributed by atoms with Gasteiger partial charge in [-0.2, -0.15) is 0 Å². The third-order valence-corrected chi connectivity index (χ3v) is 3.55. The molecular weight excluding hydrogens is 318 g/mol. The van der Waals surface area contributed by atoms with Crippen molar-refractivity contribution in [3.63, 3.8) is 0 Å². The van der Waals surface area contributed by atoms with Gasteiger partial charge in [0.1, 0.15) is 0 Å². The van der Waals surface area contributed by atoms with Crippen LogP contribution in [0.15, 0.2) is 28.7 Å². The Morgan fingerprint density at radius 1 is 1.35 bits per heavy atom. The number of unbranched alkanes of at least 4 members (excludes halogenated alkanes) is 1. The number of aromatic nitrogens is 1. The molecule has 3 N–H and O–H groups in total. The van der Waals surface area contributed by atoms with Crippen molar-refractivity contribution >= 4 is 32.7 Å². The summed E-state index contributed by atoms with van der Waals surface area (Å²) < 4.78 is 0.938. The number of pyridine rings is 1. The molecule has 1 heterocycles. The highest BCUT2D eigenvalue weighted by Gasteiger charge is 2.11. The molecule has 2 aromatic rings. The van der Waals surface area contributed by atoms with Gasteiger partial charge < -0.3 is 11.1 Å². The van der Waals surface area contributed by atoms with E-state index in [9.17, 15) is 4.79 Å². The summed E-state index contributed by atoms with van der Waals surface area (Å²) in [6, 6.07) is 7.60. The van der Waals surface area contributed by atoms with Crippen molar-refractivity contribution in [2.24, 2.45) is 5.73 Å². The molecule has 0 bridgehead atoms. The van der Waals surface area contributed by atoms with Crippen LogP contribution in [-0.2, 0) is 0 Å². The summed E-state index contributed by atoms with van der Waals surface area (Å²) in [4.78, 5) is 16.8. The van der Waals surface area contributed by atoms with Crippen molar-refractivity contribution in [1.82, 2.24) is 10.3 Å². The number of hydrogen-bond acceptors (Lipinski definition) is 3. The Hall–Kier alpha value is -1.46. The summed E-state index contributed by atoms with van der Waals surface area (Å²) in [6.07, 6.45) is 1.82. The summed E-state index contributed by atoms with van der Waals surface area (Å²) in [5.41, 5.74) is 7.78. The van der Waals surface area contributed by atoms with Crippen LogP contribution in [0.2, 0.25) is 0 Å². The zero-order valence-corrected chi connectivity index (χ0v) is 13.0. The van der Waals surface area contributed by atoms with Crippen molar-refractivity contribution in [3.8, 4) is 0 Å². The molecule has 0 saturated heterocycles. The third-order valence-electron chi connectivity index (χ3n) is 3.06. The van der Waals surface area contributed by atoms with E-state index in [0.29, 0.717) is 18.7 Å². The van der Waals surface area contributed by atoms with Crippen LogP contribution in [0.25, 0.3) is 10.9 Å². The first-order valence-corrected chi connectivity index (χ1v) is 7.46. The number of nitrogens with two attached hydrogens (primary N) is 1. The fourth-order valence-electron chi connectivity index (χ4n) is 2.08. The first kappa shape index (κ1) is 14.9. The van der Waals surface area contributed by atoms with E-state index in [1.54, 1.807) is 0 Å². The number of nitrogens with zero attached hydrogens (tertiary/aromatic N) is 1. The summed E-state index contributed by atoms with van der Waals surface area (Å²) in [7, 11) is 0. The van der Waals surface area contributed by atoms with Gasteiger partial charge in [0.2, 0.25) is 0 Å². The second-order valence-electron chi connectivity index (χ2n) is 4.72. The topological polar surface area (TPSA) is 68.0 Å². The Morgan fingerprint density at radius 3 is 2.90 bits per heavy atom. The van der Waals surface area contributed by atoms with Gasteiger partial charge in [-0.15, -0.1) is 0 Å². The van der Waals surface area contributed by atoms with Crippen LogP contribution in [0.4, 0.5) is 0 Å². The molecule has 0 aliphatic carbocycles. The molecule has 1 aromatic heterocycles. The SMILES string of the molecule is Cc1cc(C(=O)NCCCCN)c2cc(Br)ccc2n1. The van der Waals surface area contributed by atoms with Crippen LogP contribution in [0, 0.1) is 6.92 Å². The molecule has 0 aliphatic rings. The second kappa shape index (κ2) is 6.81. The van der Waals surface area contributed by atoms with Gasteiger partial charge in [0, 0.05) is 22.1 Å². The molecule has 2 rings (SSSR count). The summed E-state index contributed by atoms with van der Waals surface area (Å²) in [5, 5.41) is 3.80. The number of hydrogen-bond donors (Lipinski definition) is 2. The van der Waals surface area contributed by atoms with Crippen molar-refractivity contribution in [3.05, 3.63) is 40.0 Å². The van der Waals surface area contributed by atoms with Crippen molar-refractivity contribution < 1.29 is 4.79 Å². The van der Waals surface area contributed by atoms with E-state index in [-0.39, 0.29) is 5.91 Å². The second-order valence-corrected chi connectivity index (χ2v) is 5.64. The lowest BCUT2D eigenvalue weighted by Crippen LogP contribution is -2.25. The lowest BCUT2D eigenvalue weighted by molar-refractivity contribution is 0.0954. The van der Waals surface area contributed by atoms with Crippen LogP contribution >= 0.6 is 15.9 Å². The van der Waals surface area contributed by atoms with Crippen LogP contribution in [0.1, 0.15) is 28.9 Å². The molecule has 0 radical (unpaired) electrons. The maximum atomic E-state index is 12.3. The largest absolute Gasteiger partial charge is 0.352 e. The monoisotopic (exact) mass is 335 g/mol. The first-order valence-electron chi connectivity index (χ1n) is 6.67. The summed E-state index contributed by atoms with van der Waals surface area (Å²) in [5.74, 6) is -0.0596. The van der Waals surface area contributed by atoms with E-state index >= 15 is 0 Å². The van der Waals surface area contributed by atoms with Gasteiger partial charge in [-0.05, 0) is 50.6 Å². The number of nitrogens with one attached hydrogen (secondary N) is 1. The minimum atomic E-state index is -0.0596. The lowest BCUT2D eigenvalue weighted by atomic mass is 10.1. The van der Waals surface area contributed by atoms with Crippen LogP contribution < -0.4 is 11.1 Å². The average Bonchev–Trinajstić information content (AvgIpc) is 2.43. The number of fused-ring (bicyclic) bond motifs is 1.